The number of hydrogen-bond acceptors (Lipinski definition) is 5. The lowest BCUT2D eigenvalue weighted by Crippen LogP contribution is -2.51. The number of anilines is 1. The van der Waals surface area contributed by atoms with Crippen molar-refractivity contribution in [3.63, 3.8) is 0 Å². The first-order chi connectivity index (χ1) is 17.3. The monoisotopic (exact) mass is 527 g/mol. The molecule has 1 saturated heterocycles. The molecule has 4 atom stereocenters. The Kier molecular flexibility index (Phi) is 6.91. The van der Waals surface area contributed by atoms with Crippen molar-refractivity contribution in [3.05, 3.63) is 53.4 Å². The highest BCUT2D eigenvalue weighted by Gasteiger charge is 2.66. The molecule has 0 radical (unpaired) electrons. The van der Waals surface area contributed by atoms with E-state index in [-0.39, 0.29) is 23.0 Å². The van der Waals surface area contributed by atoms with Crippen LogP contribution in [-0.4, -0.2) is 47.8 Å². The van der Waals surface area contributed by atoms with Gasteiger partial charge in [-0.15, -0.1) is 0 Å². The quantitative estimate of drug-likeness (QED) is 0.559. The lowest BCUT2D eigenvalue weighted by atomic mass is 9.76. The zero-order valence-corrected chi connectivity index (χ0v) is 20.3. The minimum Gasteiger partial charge on any atom is -0.493 e. The third kappa shape index (κ3) is 4.41. The van der Waals surface area contributed by atoms with Crippen LogP contribution < -0.4 is 15.4 Å². The van der Waals surface area contributed by atoms with Crippen molar-refractivity contribution in [2.45, 2.75) is 63.0 Å². The van der Waals surface area contributed by atoms with E-state index in [1.807, 2.05) is 0 Å². The summed E-state index contributed by atoms with van der Waals surface area (Å²) in [6.45, 7) is 2.08. The number of primary amides is 1. The highest BCUT2D eigenvalue weighted by atomic mass is 19.4. The van der Waals surface area contributed by atoms with Gasteiger partial charge in [0.2, 0.25) is 5.82 Å². The number of hydrogen-bond donors (Lipinski definition) is 1. The molecule has 2 fully saturated rings. The van der Waals surface area contributed by atoms with E-state index in [1.54, 1.807) is 0 Å². The molecule has 1 aromatic carbocycles. The molecule has 0 unspecified atom stereocenters. The van der Waals surface area contributed by atoms with Crippen LogP contribution in [0.3, 0.4) is 0 Å². The molecule has 2 heterocycles. The van der Waals surface area contributed by atoms with Crippen LogP contribution in [0.4, 0.5) is 27.6 Å². The first-order valence-electron chi connectivity index (χ1n) is 11.7. The third-order valence-electron chi connectivity index (χ3n) is 7.51. The van der Waals surface area contributed by atoms with Crippen molar-refractivity contribution in [1.82, 2.24) is 4.98 Å². The SMILES string of the molecule is COc1c([C@H]2[C@H](C(=O)N(c3ccnc(C(N)=O)c3)C3CCC3)O[C@@](C)(C(F)(F)F)[C@H]2C)ccc(F)c1F. The van der Waals surface area contributed by atoms with Crippen LogP contribution in [0.2, 0.25) is 0 Å². The summed E-state index contributed by atoms with van der Waals surface area (Å²) in [5, 5.41) is 0. The Morgan fingerprint density at radius 3 is 2.43 bits per heavy atom. The number of alkyl halides is 3. The summed E-state index contributed by atoms with van der Waals surface area (Å²) in [6.07, 6.45) is -3.43. The molecule has 2 N–H and O–H groups in total. The van der Waals surface area contributed by atoms with Gasteiger partial charge in [-0.25, -0.2) is 4.39 Å². The fourth-order valence-electron chi connectivity index (χ4n) is 5.03. The number of halogens is 5. The second-order valence-corrected chi connectivity index (χ2v) is 9.50. The molecular weight excluding hydrogens is 501 g/mol. The van der Waals surface area contributed by atoms with Crippen molar-refractivity contribution < 1.29 is 41.0 Å². The Morgan fingerprint density at radius 2 is 1.89 bits per heavy atom. The summed E-state index contributed by atoms with van der Waals surface area (Å²) in [6, 6.07) is 4.23. The minimum atomic E-state index is -4.89. The number of nitrogens with two attached hydrogens (primary N) is 1. The lowest BCUT2D eigenvalue weighted by molar-refractivity contribution is -0.272. The van der Waals surface area contributed by atoms with Crippen molar-refractivity contribution in [2.75, 3.05) is 12.0 Å². The smallest absolute Gasteiger partial charge is 0.417 e. The van der Waals surface area contributed by atoms with Gasteiger partial charge in [0.15, 0.2) is 17.2 Å². The van der Waals surface area contributed by atoms with E-state index >= 15 is 0 Å². The summed E-state index contributed by atoms with van der Waals surface area (Å²) in [4.78, 5) is 30.9. The van der Waals surface area contributed by atoms with Crippen LogP contribution in [-0.2, 0) is 9.53 Å². The van der Waals surface area contributed by atoms with Crippen molar-refractivity contribution >= 4 is 17.5 Å². The molecule has 200 valence electrons. The molecule has 2 aliphatic rings. The summed E-state index contributed by atoms with van der Waals surface area (Å²) < 4.78 is 82.0. The Balaban J connectivity index is 1.86. The van der Waals surface area contributed by atoms with E-state index in [4.69, 9.17) is 15.2 Å². The number of carbonyl (C=O) groups excluding carboxylic acids is 2. The third-order valence-corrected chi connectivity index (χ3v) is 7.51. The molecule has 1 saturated carbocycles. The first-order valence-corrected chi connectivity index (χ1v) is 11.7. The van der Waals surface area contributed by atoms with E-state index in [2.05, 4.69) is 4.98 Å². The number of ether oxygens (including phenoxy) is 2. The number of amides is 2. The van der Waals surface area contributed by atoms with Gasteiger partial charge in [-0.2, -0.15) is 17.6 Å². The summed E-state index contributed by atoms with van der Waals surface area (Å²) in [7, 11) is 1.06. The number of methoxy groups -OCH3 is 1. The fraction of sp³-hybridized carbons (Fsp3) is 0.480. The zero-order valence-electron chi connectivity index (χ0n) is 20.3. The Labute approximate surface area is 209 Å². The van der Waals surface area contributed by atoms with Crippen LogP contribution in [0.5, 0.6) is 5.75 Å². The largest absolute Gasteiger partial charge is 0.493 e. The zero-order chi connectivity index (χ0) is 27.3. The maximum absolute atomic E-state index is 14.6. The normalized spacial score (nSPS) is 26.0. The number of benzene rings is 1. The molecule has 0 bridgehead atoms. The molecule has 37 heavy (non-hydrogen) atoms. The van der Waals surface area contributed by atoms with Gasteiger partial charge < -0.3 is 20.1 Å². The maximum Gasteiger partial charge on any atom is 0.417 e. The average molecular weight is 527 g/mol. The number of aromatic nitrogens is 1. The number of rotatable bonds is 6. The van der Waals surface area contributed by atoms with Gasteiger partial charge in [0.1, 0.15) is 11.8 Å². The van der Waals surface area contributed by atoms with Gasteiger partial charge in [-0.3, -0.25) is 14.6 Å². The van der Waals surface area contributed by atoms with Crippen LogP contribution in [0, 0.1) is 17.6 Å². The molecule has 2 amide bonds. The lowest BCUT2D eigenvalue weighted by Gasteiger charge is -2.39. The average Bonchev–Trinajstić information content (AvgIpc) is 3.09. The molecule has 7 nitrogen and oxygen atoms in total. The minimum absolute atomic E-state index is 0.124. The molecule has 12 heteroatoms. The van der Waals surface area contributed by atoms with Gasteiger partial charge in [-0.05, 0) is 44.4 Å². The van der Waals surface area contributed by atoms with Gasteiger partial charge in [0, 0.05) is 35.3 Å². The Hall–Kier alpha value is -3.28. The summed E-state index contributed by atoms with van der Waals surface area (Å²) >= 11 is 0. The van der Waals surface area contributed by atoms with E-state index in [9.17, 15) is 31.5 Å². The Morgan fingerprint density at radius 1 is 1.22 bits per heavy atom. The second kappa shape index (κ2) is 9.55. The molecule has 4 rings (SSSR count). The van der Waals surface area contributed by atoms with Crippen LogP contribution in [0.25, 0.3) is 0 Å². The highest BCUT2D eigenvalue weighted by molar-refractivity contribution is 6.00. The Bertz CT molecular complexity index is 1220. The maximum atomic E-state index is 14.6. The van der Waals surface area contributed by atoms with Crippen molar-refractivity contribution in [1.29, 1.82) is 0 Å². The number of pyridine rings is 1. The molecule has 0 spiro atoms. The summed E-state index contributed by atoms with van der Waals surface area (Å²) in [5.74, 6) is -7.62. The molecule has 2 aromatic rings. The van der Waals surface area contributed by atoms with Gasteiger partial charge >= 0.3 is 6.18 Å². The number of carbonyl (C=O) groups is 2. The fourth-order valence-corrected chi connectivity index (χ4v) is 5.03. The van der Waals surface area contributed by atoms with Crippen LogP contribution >= 0.6 is 0 Å². The van der Waals surface area contributed by atoms with Crippen LogP contribution in [0.1, 0.15) is 55.1 Å². The molecular formula is C25H26F5N3O4. The second-order valence-electron chi connectivity index (χ2n) is 9.50. The summed E-state index contributed by atoms with van der Waals surface area (Å²) in [5.41, 5.74) is 2.51. The topological polar surface area (TPSA) is 94.8 Å². The molecule has 1 aliphatic carbocycles. The molecule has 1 aliphatic heterocycles. The van der Waals surface area contributed by atoms with Gasteiger partial charge in [0.25, 0.3) is 11.8 Å². The van der Waals surface area contributed by atoms with Gasteiger partial charge in [-0.1, -0.05) is 13.0 Å². The van der Waals surface area contributed by atoms with E-state index in [1.165, 1.54) is 30.2 Å². The van der Waals surface area contributed by atoms with E-state index in [0.717, 1.165) is 32.6 Å². The predicted octanol–water partition coefficient (Wildman–Crippen LogP) is 4.49. The van der Waals surface area contributed by atoms with Crippen molar-refractivity contribution in [3.8, 4) is 5.75 Å². The number of nitrogens with zero attached hydrogens (tertiary/aromatic N) is 2. The molecule has 1 aromatic heterocycles. The first kappa shape index (κ1) is 26.8. The highest BCUT2D eigenvalue weighted by Crippen LogP contribution is 2.55. The van der Waals surface area contributed by atoms with E-state index in [0.29, 0.717) is 12.8 Å². The van der Waals surface area contributed by atoms with Gasteiger partial charge in [0.05, 0.1) is 7.11 Å². The van der Waals surface area contributed by atoms with Crippen LogP contribution in [0.15, 0.2) is 30.5 Å². The van der Waals surface area contributed by atoms with E-state index < -0.39 is 58.9 Å². The predicted molar refractivity (Wildman–Crippen MR) is 122 cm³/mol. The standard InChI is InChI=1S/C25H26F5N3O4/c1-12-18(15-7-8-16(26)19(27)20(15)36-3)21(37-24(12,2)25(28,29)30)23(35)33(13-5-4-6-13)14-9-10-32-17(11-14)22(31)34/h7-13,18,21H,4-6H2,1-3H3,(H2,31,34)/t12-,18-,21+,24+/m0/s1. The van der Waals surface area contributed by atoms with Crippen molar-refractivity contribution in [2.24, 2.45) is 11.7 Å².